The van der Waals surface area contributed by atoms with Crippen LogP contribution in [0.3, 0.4) is 0 Å². The first-order valence-electron chi connectivity index (χ1n) is 8.41. The zero-order chi connectivity index (χ0) is 18.5. The number of hydrogen-bond acceptors (Lipinski definition) is 4. The van der Waals surface area contributed by atoms with E-state index >= 15 is 0 Å². The van der Waals surface area contributed by atoms with Gasteiger partial charge in [0.05, 0.1) is 11.7 Å². The zero-order valence-corrected chi connectivity index (χ0v) is 15.3. The fraction of sp³-hybridized carbons (Fsp3) is 0.250. The maximum Gasteiger partial charge on any atom is 0.234 e. The van der Waals surface area contributed by atoms with Gasteiger partial charge in [0, 0.05) is 17.0 Å². The predicted octanol–water partition coefficient (Wildman–Crippen LogP) is 2.93. The smallest absolute Gasteiger partial charge is 0.234 e. The lowest BCUT2D eigenvalue weighted by Gasteiger charge is -2.09. The molecule has 0 spiro atoms. The topological polar surface area (TPSA) is 75.3 Å². The summed E-state index contributed by atoms with van der Waals surface area (Å²) in [4.78, 5) is 36.0. The summed E-state index contributed by atoms with van der Waals surface area (Å²) in [6.45, 7) is 2.03. The highest BCUT2D eigenvalue weighted by Gasteiger charge is 2.30. The molecule has 0 radical (unpaired) electrons. The van der Waals surface area contributed by atoms with Crippen molar-refractivity contribution in [2.24, 2.45) is 5.92 Å². The van der Waals surface area contributed by atoms with Gasteiger partial charge in [-0.3, -0.25) is 19.7 Å². The number of thioether (sulfide) groups is 1. The lowest BCUT2D eigenvalue weighted by molar-refractivity contribution is -0.125. The van der Waals surface area contributed by atoms with E-state index in [1.165, 1.54) is 17.3 Å². The Morgan fingerprint density at radius 3 is 2.42 bits per heavy atom. The normalized spacial score (nSPS) is 16.4. The summed E-state index contributed by atoms with van der Waals surface area (Å²) in [7, 11) is 0. The second-order valence-electron chi connectivity index (χ2n) is 6.36. The maximum absolute atomic E-state index is 12.1. The van der Waals surface area contributed by atoms with Crippen LogP contribution in [-0.4, -0.2) is 23.5 Å². The number of amides is 3. The lowest BCUT2D eigenvalue weighted by atomic mass is 9.98. The number of rotatable bonds is 6. The van der Waals surface area contributed by atoms with Gasteiger partial charge in [-0.1, -0.05) is 29.8 Å². The van der Waals surface area contributed by atoms with E-state index in [1.807, 2.05) is 55.5 Å². The molecule has 5 nitrogen and oxygen atoms in total. The largest absolute Gasteiger partial charge is 0.325 e. The van der Waals surface area contributed by atoms with Crippen LogP contribution in [0.2, 0.25) is 0 Å². The average Bonchev–Trinajstić information content (AvgIpc) is 2.93. The summed E-state index contributed by atoms with van der Waals surface area (Å²) >= 11 is 1.49. The maximum atomic E-state index is 12.1. The highest BCUT2D eigenvalue weighted by atomic mass is 32.2. The fourth-order valence-corrected chi connectivity index (χ4v) is 3.46. The number of anilines is 1. The number of hydrogen-bond donors (Lipinski definition) is 2. The minimum absolute atomic E-state index is 0.0657. The summed E-state index contributed by atoms with van der Waals surface area (Å²) in [5, 5.41) is 5.19. The Bertz CT molecular complexity index is 816. The molecule has 26 heavy (non-hydrogen) atoms. The van der Waals surface area contributed by atoms with Crippen LogP contribution < -0.4 is 10.6 Å². The van der Waals surface area contributed by atoms with Crippen LogP contribution in [0.15, 0.2) is 53.4 Å². The summed E-state index contributed by atoms with van der Waals surface area (Å²) in [5.41, 5.74) is 2.88. The Kier molecular flexibility index (Phi) is 5.73. The van der Waals surface area contributed by atoms with Crippen LogP contribution >= 0.6 is 11.8 Å². The second kappa shape index (κ2) is 8.19. The third kappa shape index (κ3) is 4.95. The number of carbonyl (C=O) groups is 3. The Morgan fingerprint density at radius 2 is 1.81 bits per heavy atom. The van der Waals surface area contributed by atoms with Crippen LogP contribution in [0.1, 0.15) is 17.5 Å². The molecule has 1 atom stereocenters. The number of aryl methyl sites for hydroxylation is 1. The minimum atomic E-state index is -0.297. The molecule has 1 fully saturated rings. The van der Waals surface area contributed by atoms with Crippen molar-refractivity contribution >= 4 is 35.2 Å². The molecular weight excluding hydrogens is 348 g/mol. The van der Waals surface area contributed by atoms with Gasteiger partial charge >= 0.3 is 0 Å². The molecule has 1 unspecified atom stereocenters. The van der Waals surface area contributed by atoms with Crippen LogP contribution in [0.4, 0.5) is 5.69 Å². The Labute approximate surface area is 156 Å². The summed E-state index contributed by atoms with van der Waals surface area (Å²) in [5.74, 6) is -0.441. The van der Waals surface area contributed by atoms with Crippen molar-refractivity contribution in [3.8, 4) is 0 Å². The number of nitrogens with one attached hydrogen (secondary N) is 2. The first-order chi connectivity index (χ1) is 12.5. The highest BCUT2D eigenvalue weighted by molar-refractivity contribution is 8.00. The van der Waals surface area contributed by atoms with Crippen molar-refractivity contribution < 1.29 is 14.4 Å². The van der Waals surface area contributed by atoms with Gasteiger partial charge in [-0.05, 0) is 43.2 Å². The summed E-state index contributed by atoms with van der Waals surface area (Å²) in [6.07, 6.45) is 0.766. The first kappa shape index (κ1) is 18.2. The van der Waals surface area contributed by atoms with E-state index in [0.717, 1.165) is 16.1 Å². The van der Waals surface area contributed by atoms with Crippen molar-refractivity contribution in [3.63, 3.8) is 0 Å². The molecule has 3 rings (SSSR count). The van der Waals surface area contributed by atoms with Crippen molar-refractivity contribution in [1.82, 2.24) is 5.32 Å². The SMILES string of the molecule is Cc1ccc(SCC(=O)Nc2ccc(CC3CC(=O)NC3=O)cc2)cc1. The predicted molar refractivity (Wildman–Crippen MR) is 102 cm³/mol. The van der Waals surface area contributed by atoms with Gasteiger partial charge in [0.2, 0.25) is 17.7 Å². The standard InChI is InChI=1S/C20H20N2O3S/c1-13-2-8-17(9-3-13)26-12-19(24)21-16-6-4-14(5-7-16)10-15-11-18(23)22-20(15)25/h2-9,15H,10-12H2,1H3,(H,21,24)(H,22,23,25). The molecule has 2 aromatic rings. The van der Waals surface area contributed by atoms with Crippen LogP contribution in [0.5, 0.6) is 0 Å². The second-order valence-corrected chi connectivity index (χ2v) is 7.41. The van der Waals surface area contributed by atoms with Crippen molar-refractivity contribution in [2.75, 3.05) is 11.1 Å². The van der Waals surface area contributed by atoms with Gasteiger partial charge in [0.1, 0.15) is 0 Å². The molecule has 134 valence electrons. The molecule has 0 aromatic heterocycles. The Balaban J connectivity index is 1.49. The van der Waals surface area contributed by atoms with E-state index in [2.05, 4.69) is 10.6 Å². The molecule has 0 saturated carbocycles. The lowest BCUT2D eigenvalue weighted by Crippen LogP contribution is -2.22. The molecule has 2 N–H and O–H groups in total. The Hall–Kier alpha value is -2.60. The number of imide groups is 1. The third-order valence-electron chi connectivity index (χ3n) is 4.18. The van der Waals surface area contributed by atoms with E-state index in [1.54, 1.807) is 0 Å². The molecule has 0 bridgehead atoms. The van der Waals surface area contributed by atoms with Crippen LogP contribution in [0, 0.1) is 12.8 Å². The molecule has 1 heterocycles. The molecular formula is C20H20N2O3S. The van der Waals surface area contributed by atoms with Crippen molar-refractivity contribution in [2.45, 2.75) is 24.7 Å². The molecule has 2 aromatic carbocycles. The van der Waals surface area contributed by atoms with Crippen molar-refractivity contribution in [1.29, 1.82) is 0 Å². The van der Waals surface area contributed by atoms with Gasteiger partial charge in [-0.25, -0.2) is 0 Å². The van der Waals surface area contributed by atoms with Crippen LogP contribution in [-0.2, 0) is 20.8 Å². The van der Waals surface area contributed by atoms with Gasteiger partial charge < -0.3 is 5.32 Å². The molecule has 1 aliphatic rings. The van der Waals surface area contributed by atoms with E-state index in [9.17, 15) is 14.4 Å². The number of benzene rings is 2. The van der Waals surface area contributed by atoms with Gasteiger partial charge in [-0.15, -0.1) is 11.8 Å². The van der Waals surface area contributed by atoms with E-state index in [-0.39, 0.29) is 30.1 Å². The van der Waals surface area contributed by atoms with E-state index in [4.69, 9.17) is 0 Å². The minimum Gasteiger partial charge on any atom is -0.325 e. The van der Waals surface area contributed by atoms with Crippen LogP contribution in [0.25, 0.3) is 0 Å². The fourth-order valence-electron chi connectivity index (χ4n) is 2.76. The summed E-state index contributed by atoms with van der Waals surface area (Å²) in [6, 6.07) is 15.4. The monoisotopic (exact) mass is 368 g/mol. The summed E-state index contributed by atoms with van der Waals surface area (Å²) < 4.78 is 0. The molecule has 3 amide bonds. The van der Waals surface area contributed by atoms with E-state index in [0.29, 0.717) is 12.2 Å². The molecule has 1 saturated heterocycles. The molecule has 1 aliphatic heterocycles. The van der Waals surface area contributed by atoms with Crippen molar-refractivity contribution in [3.05, 3.63) is 59.7 Å². The van der Waals surface area contributed by atoms with Gasteiger partial charge in [0.15, 0.2) is 0 Å². The van der Waals surface area contributed by atoms with Gasteiger partial charge in [0.25, 0.3) is 0 Å². The first-order valence-corrected chi connectivity index (χ1v) is 9.40. The Morgan fingerprint density at radius 1 is 1.12 bits per heavy atom. The van der Waals surface area contributed by atoms with Gasteiger partial charge in [-0.2, -0.15) is 0 Å². The quantitative estimate of drug-likeness (QED) is 0.607. The zero-order valence-electron chi connectivity index (χ0n) is 14.5. The highest BCUT2D eigenvalue weighted by Crippen LogP contribution is 2.20. The average molecular weight is 368 g/mol. The van der Waals surface area contributed by atoms with E-state index < -0.39 is 0 Å². The number of carbonyl (C=O) groups excluding carboxylic acids is 3. The molecule has 0 aliphatic carbocycles. The third-order valence-corrected chi connectivity index (χ3v) is 5.19. The molecule has 6 heteroatoms.